The summed E-state index contributed by atoms with van der Waals surface area (Å²) < 4.78 is 17.0. The lowest BCUT2D eigenvalue weighted by Crippen LogP contribution is -2.44. The van der Waals surface area contributed by atoms with E-state index < -0.39 is 27.1 Å². The summed E-state index contributed by atoms with van der Waals surface area (Å²) in [4.78, 5) is 29.0. The maximum atomic E-state index is 10.7. The van der Waals surface area contributed by atoms with E-state index in [2.05, 4.69) is 33.0 Å². The van der Waals surface area contributed by atoms with Crippen LogP contribution < -0.4 is 5.32 Å². The summed E-state index contributed by atoms with van der Waals surface area (Å²) in [5.41, 5.74) is 0. The molecule has 0 fully saturated rings. The predicted octanol–water partition coefficient (Wildman–Crippen LogP) is 1.75. The van der Waals surface area contributed by atoms with Crippen molar-refractivity contribution < 1.29 is 43.9 Å². The molecule has 0 amide bonds. The number of nitrogens with zero attached hydrogens (tertiary/aromatic N) is 1. The highest BCUT2D eigenvalue weighted by atomic mass is 28.4. The van der Waals surface area contributed by atoms with Crippen LogP contribution in [0.1, 0.15) is 85.5 Å². The summed E-state index contributed by atoms with van der Waals surface area (Å²) in [7, 11) is -4.05. The number of ether oxygens (including phenoxy) is 3. The van der Waals surface area contributed by atoms with Crippen molar-refractivity contribution in [3.63, 3.8) is 0 Å². The minimum absolute atomic E-state index is 0.0910. The van der Waals surface area contributed by atoms with Gasteiger partial charge in [0.05, 0.1) is 38.1 Å². The first-order chi connectivity index (χ1) is 20.0. The van der Waals surface area contributed by atoms with Crippen LogP contribution >= 0.6 is 0 Å². The fourth-order valence-corrected chi connectivity index (χ4v) is 5.31. The van der Waals surface area contributed by atoms with Gasteiger partial charge in [-0.2, -0.15) is 0 Å². The molecule has 7 N–H and O–H groups in total. The Morgan fingerprint density at radius 2 is 1.17 bits per heavy atom. The Morgan fingerprint density at radius 3 is 1.62 bits per heavy atom. The molecule has 5 unspecified atom stereocenters. The molecule has 0 spiro atoms. The lowest BCUT2D eigenvalue weighted by molar-refractivity contribution is -0.0204. The molecular weight excluding hydrogens is 560 g/mol. The van der Waals surface area contributed by atoms with Crippen LogP contribution in [0.2, 0.25) is 6.04 Å². The molecule has 0 aromatic rings. The zero-order chi connectivity index (χ0) is 31.6. The molecule has 42 heavy (non-hydrogen) atoms. The first-order valence-electron chi connectivity index (χ1n) is 16.4. The SMILES string of the molecule is CCCCC(CC)COCC(O)CN(CCNCC(O)COCCC[Si](O)(O)O)CC(O)COCC(CC)CCCC. The highest BCUT2D eigenvalue weighted by molar-refractivity contribution is 6.56. The molecule has 0 heterocycles. The molecule has 0 bridgehead atoms. The maximum absolute atomic E-state index is 10.7. The Balaban J connectivity index is 4.63. The normalized spacial score (nSPS) is 16.1. The van der Waals surface area contributed by atoms with Crippen LogP contribution in [0.5, 0.6) is 0 Å². The van der Waals surface area contributed by atoms with Gasteiger partial charge in [-0.25, -0.2) is 0 Å². The van der Waals surface area contributed by atoms with E-state index in [1.165, 1.54) is 12.8 Å². The molecular formula is C30H66N2O9Si. The summed E-state index contributed by atoms with van der Waals surface area (Å²) in [6.45, 7) is 12.9. The first kappa shape index (κ1) is 41.8. The van der Waals surface area contributed by atoms with Gasteiger partial charge >= 0.3 is 8.80 Å². The van der Waals surface area contributed by atoms with Crippen LogP contribution in [-0.2, 0) is 14.2 Å². The van der Waals surface area contributed by atoms with Gasteiger partial charge in [0.2, 0.25) is 0 Å². The lowest BCUT2D eigenvalue weighted by atomic mass is 10.0. The quantitative estimate of drug-likeness (QED) is 0.0443. The molecule has 0 aliphatic rings. The van der Waals surface area contributed by atoms with Crippen LogP contribution in [0, 0.1) is 11.8 Å². The molecule has 254 valence electrons. The molecule has 0 saturated carbocycles. The summed E-state index contributed by atoms with van der Waals surface area (Å²) in [6.07, 6.45) is 7.29. The zero-order valence-electron chi connectivity index (χ0n) is 27.1. The second-order valence-corrected chi connectivity index (χ2v) is 13.8. The van der Waals surface area contributed by atoms with E-state index in [0.29, 0.717) is 64.2 Å². The van der Waals surface area contributed by atoms with Gasteiger partial charge in [-0.15, -0.1) is 0 Å². The zero-order valence-corrected chi connectivity index (χ0v) is 28.1. The highest BCUT2D eigenvalue weighted by Gasteiger charge is 2.25. The number of unbranched alkanes of at least 4 members (excludes halogenated alkanes) is 2. The molecule has 0 aliphatic carbocycles. The van der Waals surface area contributed by atoms with Crippen molar-refractivity contribution in [1.29, 1.82) is 0 Å². The molecule has 0 saturated heterocycles. The van der Waals surface area contributed by atoms with Gasteiger partial charge in [0, 0.05) is 58.6 Å². The van der Waals surface area contributed by atoms with E-state index in [1.54, 1.807) is 0 Å². The average molecular weight is 627 g/mol. The Hall–Kier alpha value is -0.223. The third kappa shape index (κ3) is 26.2. The van der Waals surface area contributed by atoms with Crippen LogP contribution in [0.15, 0.2) is 0 Å². The molecule has 0 aliphatic heterocycles. The van der Waals surface area contributed by atoms with Crippen LogP contribution in [0.25, 0.3) is 0 Å². The molecule has 0 radical (unpaired) electrons. The molecule has 5 atom stereocenters. The predicted molar refractivity (Wildman–Crippen MR) is 168 cm³/mol. The highest BCUT2D eigenvalue weighted by Crippen LogP contribution is 2.14. The van der Waals surface area contributed by atoms with Crippen molar-refractivity contribution in [2.45, 2.75) is 110 Å². The third-order valence-corrected chi connectivity index (χ3v) is 8.47. The van der Waals surface area contributed by atoms with Crippen molar-refractivity contribution in [3.05, 3.63) is 0 Å². The van der Waals surface area contributed by atoms with E-state index in [-0.39, 0.29) is 32.5 Å². The van der Waals surface area contributed by atoms with E-state index in [9.17, 15) is 15.3 Å². The van der Waals surface area contributed by atoms with E-state index in [1.807, 2.05) is 4.90 Å². The van der Waals surface area contributed by atoms with Crippen LogP contribution in [0.3, 0.4) is 0 Å². The van der Waals surface area contributed by atoms with Gasteiger partial charge in [0.15, 0.2) is 0 Å². The fourth-order valence-electron chi connectivity index (χ4n) is 4.69. The topological polar surface area (TPSA) is 164 Å². The standard InChI is InChI=1S/C30H66N2O9Si/c1-5-9-12-26(7-3)21-40-24-29(34)19-32(20-30(35)25-41-22-27(8-4)13-10-6-2)15-14-31-18-28(33)23-39-16-11-17-42(36,37)38/h26-31,33-38H,5-25H2,1-4H3. The summed E-state index contributed by atoms with van der Waals surface area (Å²) in [5, 5.41) is 34.7. The number of rotatable bonds is 31. The van der Waals surface area contributed by atoms with E-state index >= 15 is 0 Å². The molecule has 0 aromatic carbocycles. The van der Waals surface area contributed by atoms with Crippen molar-refractivity contribution >= 4 is 8.80 Å². The minimum atomic E-state index is -4.05. The first-order valence-corrected chi connectivity index (χ1v) is 18.5. The fraction of sp³-hybridized carbons (Fsp3) is 1.00. The van der Waals surface area contributed by atoms with Crippen molar-refractivity contribution in [2.75, 3.05) is 72.4 Å². The van der Waals surface area contributed by atoms with Gasteiger partial charge in [-0.05, 0) is 31.1 Å². The second-order valence-electron chi connectivity index (χ2n) is 11.8. The summed E-state index contributed by atoms with van der Waals surface area (Å²) >= 11 is 0. The van der Waals surface area contributed by atoms with Crippen molar-refractivity contribution in [2.24, 2.45) is 11.8 Å². The number of hydrogen-bond donors (Lipinski definition) is 7. The third-order valence-electron chi connectivity index (χ3n) is 7.45. The molecule has 11 nitrogen and oxygen atoms in total. The Bertz CT molecular complexity index is 559. The largest absolute Gasteiger partial charge is 0.492 e. The maximum Gasteiger partial charge on any atom is 0.492 e. The summed E-state index contributed by atoms with van der Waals surface area (Å²) in [6, 6.07) is -0.0962. The Morgan fingerprint density at radius 1 is 0.667 bits per heavy atom. The number of aliphatic hydroxyl groups is 3. The van der Waals surface area contributed by atoms with E-state index in [4.69, 9.17) is 28.6 Å². The minimum Gasteiger partial charge on any atom is -0.390 e. The Labute approximate surface area is 256 Å². The average Bonchev–Trinajstić information content (AvgIpc) is 2.93. The number of nitrogens with one attached hydrogen (secondary N) is 1. The van der Waals surface area contributed by atoms with Crippen molar-refractivity contribution in [1.82, 2.24) is 10.2 Å². The Kier molecular flexibility index (Phi) is 27.0. The molecule has 12 heteroatoms. The van der Waals surface area contributed by atoms with Crippen LogP contribution in [-0.4, -0.2) is 134 Å². The molecule has 0 aromatic heterocycles. The van der Waals surface area contributed by atoms with Gasteiger partial charge in [-0.1, -0.05) is 66.2 Å². The van der Waals surface area contributed by atoms with Gasteiger partial charge in [-0.3, -0.25) is 4.90 Å². The van der Waals surface area contributed by atoms with Gasteiger partial charge in [0.1, 0.15) is 0 Å². The lowest BCUT2D eigenvalue weighted by Gasteiger charge is -2.28. The smallest absolute Gasteiger partial charge is 0.390 e. The van der Waals surface area contributed by atoms with Crippen molar-refractivity contribution in [3.8, 4) is 0 Å². The number of hydrogen-bond acceptors (Lipinski definition) is 11. The monoisotopic (exact) mass is 626 g/mol. The molecule has 0 rings (SSSR count). The second kappa shape index (κ2) is 27.1. The number of aliphatic hydroxyl groups excluding tert-OH is 3. The van der Waals surface area contributed by atoms with E-state index in [0.717, 1.165) is 38.5 Å². The van der Waals surface area contributed by atoms with Gasteiger partial charge < -0.3 is 49.2 Å². The van der Waals surface area contributed by atoms with Gasteiger partial charge in [0.25, 0.3) is 0 Å². The van der Waals surface area contributed by atoms with Crippen LogP contribution in [0.4, 0.5) is 0 Å². The summed E-state index contributed by atoms with van der Waals surface area (Å²) in [5.74, 6) is 1.01.